The predicted molar refractivity (Wildman–Crippen MR) is 64.3 cm³/mol. The zero-order chi connectivity index (χ0) is 11.8. The van der Waals surface area contributed by atoms with E-state index in [1.807, 2.05) is 13.8 Å². The minimum Gasteiger partial charge on any atom is -0.378 e. The molecule has 2 N–H and O–H groups in total. The Morgan fingerprint density at radius 3 is 3.00 bits per heavy atom. The molecule has 4 heteroatoms. The first-order chi connectivity index (χ1) is 7.68. The van der Waals surface area contributed by atoms with Crippen molar-refractivity contribution in [3.63, 3.8) is 0 Å². The lowest BCUT2D eigenvalue weighted by atomic mass is 10.1. The Morgan fingerprint density at radius 1 is 1.56 bits per heavy atom. The van der Waals surface area contributed by atoms with Gasteiger partial charge in [-0.25, -0.2) is 0 Å². The van der Waals surface area contributed by atoms with E-state index in [4.69, 9.17) is 4.74 Å². The Bertz CT molecular complexity index is 201. The molecule has 1 atom stereocenters. The minimum absolute atomic E-state index is 0.103. The zero-order valence-corrected chi connectivity index (χ0v) is 10.4. The number of ether oxygens (including phenoxy) is 1. The van der Waals surface area contributed by atoms with Gasteiger partial charge in [-0.3, -0.25) is 4.79 Å². The molecule has 0 radical (unpaired) electrons. The summed E-state index contributed by atoms with van der Waals surface area (Å²) in [5.41, 5.74) is 0. The molecule has 1 fully saturated rings. The number of hydrogen-bond donors (Lipinski definition) is 2. The van der Waals surface area contributed by atoms with Gasteiger partial charge in [-0.1, -0.05) is 0 Å². The average molecular weight is 228 g/mol. The molecule has 0 aliphatic carbocycles. The Kier molecular flexibility index (Phi) is 6.42. The van der Waals surface area contributed by atoms with Gasteiger partial charge in [0.15, 0.2) is 0 Å². The number of nitrogens with one attached hydrogen (secondary N) is 2. The van der Waals surface area contributed by atoms with Crippen molar-refractivity contribution >= 4 is 5.91 Å². The van der Waals surface area contributed by atoms with Gasteiger partial charge in [-0.15, -0.1) is 0 Å². The van der Waals surface area contributed by atoms with Gasteiger partial charge in [0.25, 0.3) is 0 Å². The van der Waals surface area contributed by atoms with Crippen LogP contribution in [0.25, 0.3) is 0 Å². The van der Waals surface area contributed by atoms with Crippen LogP contribution in [0.15, 0.2) is 0 Å². The molecular formula is C12H24N2O2. The van der Waals surface area contributed by atoms with Crippen molar-refractivity contribution in [2.45, 2.75) is 39.2 Å². The highest BCUT2D eigenvalue weighted by molar-refractivity contribution is 5.75. The van der Waals surface area contributed by atoms with E-state index in [-0.39, 0.29) is 12.0 Å². The summed E-state index contributed by atoms with van der Waals surface area (Å²) in [6.07, 6.45) is 3.01. The molecule has 0 saturated carbocycles. The summed E-state index contributed by atoms with van der Waals surface area (Å²) >= 11 is 0. The van der Waals surface area contributed by atoms with Crippen LogP contribution in [0.4, 0.5) is 0 Å². The molecule has 1 rings (SSSR count). The SMILES string of the molecule is CC(C)OCCC(=O)NCCC1CCNC1. The molecule has 16 heavy (non-hydrogen) atoms. The van der Waals surface area contributed by atoms with E-state index in [1.165, 1.54) is 6.42 Å². The fraction of sp³-hybridized carbons (Fsp3) is 0.917. The Morgan fingerprint density at radius 2 is 2.38 bits per heavy atom. The van der Waals surface area contributed by atoms with Crippen LogP contribution in [0.5, 0.6) is 0 Å². The second-order valence-corrected chi connectivity index (χ2v) is 4.67. The maximum Gasteiger partial charge on any atom is 0.222 e. The molecule has 0 aromatic carbocycles. The van der Waals surface area contributed by atoms with Crippen LogP contribution >= 0.6 is 0 Å². The quantitative estimate of drug-likeness (QED) is 0.681. The highest BCUT2D eigenvalue weighted by Gasteiger charge is 2.13. The third kappa shape index (κ3) is 6.08. The van der Waals surface area contributed by atoms with Gasteiger partial charge >= 0.3 is 0 Å². The molecule has 0 spiro atoms. The van der Waals surface area contributed by atoms with E-state index in [0.29, 0.717) is 13.0 Å². The molecule has 0 aromatic rings. The van der Waals surface area contributed by atoms with Crippen LogP contribution in [-0.4, -0.2) is 38.3 Å². The van der Waals surface area contributed by atoms with Crippen molar-refractivity contribution in [2.75, 3.05) is 26.2 Å². The third-order valence-corrected chi connectivity index (χ3v) is 2.82. The summed E-state index contributed by atoms with van der Waals surface area (Å²) < 4.78 is 5.32. The molecule has 1 heterocycles. The van der Waals surface area contributed by atoms with Crippen LogP contribution in [0.1, 0.15) is 33.1 Å². The van der Waals surface area contributed by atoms with Crippen LogP contribution < -0.4 is 10.6 Å². The maximum atomic E-state index is 11.4. The van der Waals surface area contributed by atoms with Crippen molar-refractivity contribution < 1.29 is 9.53 Å². The van der Waals surface area contributed by atoms with Gasteiger partial charge in [-0.2, -0.15) is 0 Å². The average Bonchev–Trinajstić information content (AvgIpc) is 2.70. The van der Waals surface area contributed by atoms with Crippen molar-refractivity contribution in [1.82, 2.24) is 10.6 Å². The zero-order valence-electron chi connectivity index (χ0n) is 10.4. The predicted octanol–water partition coefficient (Wildman–Crippen LogP) is 0.917. The smallest absolute Gasteiger partial charge is 0.222 e. The molecule has 94 valence electrons. The van der Waals surface area contributed by atoms with Gasteiger partial charge in [0.1, 0.15) is 0 Å². The summed E-state index contributed by atoms with van der Waals surface area (Å²) in [4.78, 5) is 11.4. The molecule has 1 amide bonds. The lowest BCUT2D eigenvalue weighted by Crippen LogP contribution is -2.27. The van der Waals surface area contributed by atoms with Gasteiger partial charge in [0.2, 0.25) is 5.91 Å². The van der Waals surface area contributed by atoms with Gasteiger partial charge in [0.05, 0.1) is 12.7 Å². The first kappa shape index (κ1) is 13.5. The largest absolute Gasteiger partial charge is 0.378 e. The van der Waals surface area contributed by atoms with Gasteiger partial charge in [-0.05, 0) is 45.7 Å². The molecule has 0 bridgehead atoms. The fourth-order valence-corrected chi connectivity index (χ4v) is 1.85. The monoisotopic (exact) mass is 228 g/mol. The topological polar surface area (TPSA) is 50.4 Å². The standard InChI is InChI=1S/C12H24N2O2/c1-10(2)16-8-5-12(15)14-7-4-11-3-6-13-9-11/h10-11,13H,3-9H2,1-2H3,(H,14,15). The number of hydrogen-bond acceptors (Lipinski definition) is 3. The summed E-state index contributed by atoms with van der Waals surface area (Å²) in [5, 5.41) is 6.26. The lowest BCUT2D eigenvalue weighted by molar-refractivity contribution is -0.122. The van der Waals surface area contributed by atoms with E-state index in [9.17, 15) is 4.79 Å². The third-order valence-electron chi connectivity index (χ3n) is 2.82. The van der Waals surface area contributed by atoms with Crippen LogP contribution in [0.2, 0.25) is 0 Å². The number of carbonyl (C=O) groups is 1. The van der Waals surface area contributed by atoms with E-state index < -0.39 is 0 Å². The lowest BCUT2D eigenvalue weighted by Gasteiger charge is -2.10. The number of rotatable bonds is 7. The van der Waals surface area contributed by atoms with Crippen molar-refractivity contribution in [3.05, 3.63) is 0 Å². The van der Waals surface area contributed by atoms with Crippen molar-refractivity contribution in [3.8, 4) is 0 Å². The molecule has 1 aliphatic rings. The summed E-state index contributed by atoms with van der Waals surface area (Å²) in [5.74, 6) is 0.846. The Hall–Kier alpha value is -0.610. The first-order valence-corrected chi connectivity index (χ1v) is 6.27. The number of carbonyl (C=O) groups excluding carboxylic acids is 1. The minimum atomic E-state index is 0.103. The first-order valence-electron chi connectivity index (χ1n) is 6.27. The van der Waals surface area contributed by atoms with E-state index in [2.05, 4.69) is 10.6 Å². The van der Waals surface area contributed by atoms with Gasteiger partial charge in [0, 0.05) is 13.0 Å². The van der Waals surface area contributed by atoms with E-state index in [0.717, 1.165) is 32.0 Å². The normalized spacial score (nSPS) is 20.3. The molecular weight excluding hydrogens is 204 g/mol. The van der Waals surface area contributed by atoms with Gasteiger partial charge < -0.3 is 15.4 Å². The van der Waals surface area contributed by atoms with E-state index in [1.54, 1.807) is 0 Å². The van der Waals surface area contributed by atoms with Crippen LogP contribution in [0.3, 0.4) is 0 Å². The second kappa shape index (κ2) is 7.63. The maximum absolute atomic E-state index is 11.4. The Labute approximate surface area is 98.1 Å². The fourth-order valence-electron chi connectivity index (χ4n) is 1.85. The molecule has 1 aliphatic heterocycles. The molecule has 1 unspecified atom stereocenters. The number of amides is 1. The van der Waals surface area contributed by atoms with Crippen LogP contribution in [-0.2, 0) is 9.53 Å². The molecule has 0 aromatic heterocycles. The summed E-state index contributed by atoms with van der Waals surface area (Å²) in [6, 6.07) is 0. The molecule has 4 nitrogen and oxygen atoms in total. The molecule has 1 saturated heterocycles. The summed E-state index contributed by atoms with van der Waals surface area (Å²) in [7, 11) is 0. The second-order valence-electron chi connectivity index (χ2n) is 4.67. The van der Waals surface area contributed by atoms with Crippen molar-refractivity contribution in [2.24, 2.45) is 5.92 Å². The highest BCUT2D eigenvalue weighted by Crippen LogP contribution is 2.10. The summed E-state index contributed by atoms with van der Waals surface area (Å²) in [6.45, 7) is 7.50. The van der Waals surface area contributed by atoms with Crippen molar-refractivity contribution in [1.29, 1.82) is 0 Å². The highest BCUT2D eigenvalue weighted by atomic mass is 16.5. The Balaban J connectivity index is 1.93. The van der Waals surface area contributed by atoms with E-state index >= 15 is 0 Å². The van der Waals surface area contributed by atoms with Crippen LogP contribution in [0, 0.1) is 5.92 Å².